The largest absolute Gasteiger partial charge is 0.394 e. The van der Waals surface area contributed by atoms with Crippen LogP contribution >= 0.6 is 0 Å². The number of rotatable bonds is 3. The standard InChI is InChI=1S/C11H16O2/c1-8-4-3-5-9(2)11(8)6-10(13)7-12/h3-5,10,12-13H,6-7H2,1-2H3. The fraction of sp³-hybridized carbons (Fsp3) is 0.455. The molecule has 1 atom stereocenters. The highest BCUT2D eigenvalue weighted by atomic mass is 16.3. The summed E-state index contributed by atoms with van der Waals surface area (Å²) in [6.07, 6.45) is -0.102. The highest BCUT2D eigenvalue weighted by Crippen LogP contribution is 2.15. The molecule has 0 aliphatic rings. The van der Waals surface area contributed by atoms with E-state index in [1.54, 1.807) is 0 Å². The van der Waals surface area contributed by atoms with Crippen LogP contribution in [0.1, 0.15) is 16.7 Å². The fourth-order valence-corrected chi connectivity index (χ4v) is 1.47. The van der Waals surface area contributed by atoms with Crippen LogP contribution in [0.2, 0.25) is 0 Å². The van der Waals surface area contributed by atoms with Gasteiger partial charge in [0.1, 0.15) is 0 Å². The van der Waals surface area contributed by atoms with Gasteiger partial charge in [-0.15, -0.1) is 0 Å². The van der Waals surface area contributed by atoms with E-state index in [1.807, 2.05) is 32.0 Å². The van der Waals surface area contributed by atoms with Crippen molar-refractivity contribution in [1.29, 1.82) is 0 Å². The number of hydrogen-bond acceptors (Lipinski definition) is 2. The first-order valence-electron chi connectivity index (χ1n) is 4.49. The van der Waals surface area contributed by atoms with Crippen LogP contribution in [0.4, 0.5) is 0 Å². The van der Waals surface area contributed by atoms with E-state index in [1.165, 1.54) is 11.1 Å². The van der Waals surface area contributed by atoms with Gasteiger partial charge in [-0.1, -0.05) is 18.2 Å². The SMILES string of the molecule is Cc1cccc(C)c1CC(O)CO. The molecule has 0 bridgehead atoms. The van der Waals surface area contributed by atoms with Gasteiger partial charge in [-0.25, -0.2) is 0 Å². The maximum absolute atomic E-state index is 9.31. The van der Waals surface area contributed by atoms with E-state index < -0.39 is 6.10 Å². The molecular weight excluding hydrogens is 164 g/mol. The molecule has 0 fully saturated rings. The van der Waals surface area contributed by atoms with E-state index >= 15 is 0 Å². The van der Waals surface area contributed by atoms with Gasteiger partial charge in [-0.2, -0.15) is 0 Å². The fourth-order valence-electron chi connectivity index (χ4n) is 1.47. The van der Waals surface area contributed by atoms with E-state index in [0.717, 1.165) is 5.56 Å². The zero-order valence-corrected chi connectivity index (χ0v) is 8.12. The molecule has 0 aromatic heterocycles. The molecule has 0 saturated heterocycles. The van der Waals surface area contributed by atoms with Gasteiger partial charge >= 0.3 is 0 Å². The van der Waals surface area contributed by atoms with E-state index in [-0.39, 0.29) is 6.61 Å². The maximum atomic E-state index is 9.31. The maximum Gasteiger partial charge on any atom is 0.0811 e. The van der Waals surface area contributed by atoms with Gasteiger partial charge in [0.15, 0.2) is 0 Å². The Labute approximate surface area is 78.8 Å². The van der Waals surface area contributed by atoms with E-state index in [9.17, 15) is 5.11 Å². The molecule has 1 aromatic rings. The van der Waals surface area contributed by atoms with Crippen molar-refractivity contribution in [3.63, 3.8) is 0 Å². The summed E-state index contributed by atoms with van der Waals surface area (Å²) in [5.41, 5.74) is 3.49. The van der Waals surface area contributed by atoms with Crippen molar-refractivity contribution in [3.05, 3.63) is 34.9 Å². The normalized spacial score (nSPS) is 12.9. The molecule has 1 rings (SSSR count). The van der Waals surface area contributed by atoms with Gasteiger partial charge in [0.05, 0.1) is 12.7 Å². The minimum atomic E-state index is -0.639. The number of hydrogen-bond donors (Lipinski definition) is 2. The Morgan fingerprint density at radius 3 is 2.23 bits per heavy atom. The average molecular weight is 180 g/mol. The molecule has 0 amide bonds. The molecule has 2 N–H and O–H groups in total. The summed E-state index contributed by atoms with van der Waals surface area (Å²) >= 11 is 0. The van der Waals surface area contributed by atoms with Crippen LogP contribution in [0.15, 0.2) is 18.2 Å². The lowest BCUT2D eigenvalue weighted by atomic mass is 9.98. The molecule has 1 aromatic carbocycles. The van der Waals surface area contributed by atoms with E-state index in [4.69, 9.17) is 5.11 Å². The molecule has 0 aliphatic heterocycles. The zero-order valence-electron chi connectivity index (χ0n) is 8.12. The van der Waals surface area contributed by atoms with Crippen LogP contribution < -0.4 is 0 Å². The van der Waals surface area contributed by atoms with Gasteiger partial charge < -0.3 is 10.2 Å². The third-order valence-electron chi connectivity index (χ3n) is 2.29. The summed E-state index contributed by atoms with van der Waals surface area (Å²) in [6.45, 7) is 3.87. The van der Waals surface area contributed by atoms with Crippen molar-refractivity contribution in [1.82, 2.24) is 0 Å². The number of aliphatic hydroxyl groups excluding tert-OH is 2. The molecule has 0 heterocycles. The van der Waals surface area contributed by atoms with Crippen LogP contribution in [0.3, 0.4) is 0 Å². The highest BCUT2D eigenvalue weighted by Gasteiger charge is 2.07. The first-order valence-corrected chi connectivity index (χ1v) is 4.49. The second-order valence-electron chi connectivity index (χ2n) is 3.41. The second-order valence-corrected chi connectivity index (χ2v) is 3.41. The van der Waals surface area contributed by atoms with Crippen LogP contribution in [0.25, 0.3) is 0 Å². The van der Waals surface area contributed by atoms with Gasteiger partial charge in [0.2, 0.25) is 0 Å². The lowest BCUT2D eigenvalue weighted by Gasteiger charge is -2.12. The van der Waals surface area contributed by atoms with Gasteiger partial charge in [0, 0.05) is 6.42 Å². The first-order chi connectivity index (χ1) is 6.15. The highest BCUT2D eigenvalue weighted by molar-refractivity contribution is 5.33. The molecule has 2 nitrogen and oxygen atoms in total. The van der Waals surface area contributed by atoms with Crippen molar-refractivity contribution >= 4 is 0 Å². The Kier molecular flexibility index (Phi) is 3.46. The van der Waals surface area contributed by atoms with Crippen LogP contribution in [-0.2, 0) is 6.42 Å². The zero-order chi connectivity index (χ0) is 9.84. The Morgan fingerprint density at radius 1 is 1.23 bits per heavy atom. The predicted octanol–water partition coefficient (Wildman–Crippen LogP) is 1.20. The predicted molar refractivity (Wildman–Crippen MR) is 52.7 cm³/mol. The van der Waals surface area contributed by atoms with Crippen LogP contribution in [0.5, 0.6) is 0 Å². The van der Waals surface area contributed by atoms with Gasteiger partial charge in [-0.3, -0.25) is 0 Å². The number of aliphatic hydroxyl groups is 2. The summed E-state index contributed by atoms with van der Waals surface area (Å²) in [4.78, 5) is 0. The monoisotopic (exact) mass is 180 g/mol. The van der Waals surface area contributed by atoms with E-state index in [0.29, 0.717) is 6.42 Å². The average Bonchev–Trinajstić information content (AvgIpc) is 2.11. The Balaban J connectivity index is 2.87. The number of benzene rings is 1. The first kappa shape index (κ1) is 10.2. The summed E-state index contributed by atoms with van der Waals surface area (Å²) in [7, 11) is 0. The Morgan fingerprint density at radius 2 is 1.77 bits per heavy atom. The molecular formula is C11H16O2. The molecule has 0 saturated carbocycles. The summed E-state index contributed by atoms with van der Waals surface area (Å²) in [6, 6.07) is 6.04. The van der Waals surface area contributed by atoms with Crippen molar-refractivity contribution < 1.29 is 10.2 Å². The Bertz CT molecular complexity index is 261. The minimum Gasteiger partial charge on any atom is -0.394 e. The van der Waals surface area contributed by atoms with Crippen molar-refractivity contribution in [2.45, 2.75) is 26.4 Å². The molecule has 0 spiro atoms. The topological polar surface area (TPSA) is 40.5 Å². The summed E-state index contributed by atoms with van der Waals surface area (Å²) in [5.74, 6) is 0. The van der Waals surface area contributed by atoms with Crippen molar-refractivity contribution in [3.8, 4) is 0 Å². The molecule has 2 heteroatoms. The van der Waals surface area contributed by atoms with E-state index in [2.05, 4.69) is 0 Å². The molecule has 1 unspecified atom stereocenters. The van der Waals surface area contributed by atoms with Crippen LogP contribution in [-0.4, -0.2) is 22.9 Å². The quantitative estimate of drug-likeness (QED) is 0.733. The second kappa shape index (κ2) is 4.40. The third-order valence-corrected chi connectivity index (χ3v) is 2.29. The summed E-state index contributed by atoms with van der Waals surface area (Å²) < 4.78 is 0. The summed E-state index contributed by atoms with van der Waals surface area (Å²) in [5, 5.41) is 18.0. The lowest BCUT2D eigenvalue weighted by molar-refractivity contribution is 0.0953. The Hall–Kier alpha value is -0.860. The lowest BCUT2D eigenvalue weighted by Crippen LogP contribution is -2.16. The van der Waals surface area contributed by atoms with Crippen molar-refractivity contribution in [2.75, 3.05) is 6.61 Å². The van der Waals surface area contributed by atoms with Crippen molar-refractivity contribution in [2.24, 2.45) is 0 Å². The van der Waals surface area contributed by atoms with Gasteiger partial charge in [0.25, 0.3) is 0 Å². The molecule has 0 aliphatic carbocycles. The van der Waals surface area contributed by atoms with Gasteiger partial charge in [-0.05, 0) is 30.5 Å². The smallest absolute Gasteiger partial charge is 0.0811 e. The molecule has 72 valence electrons. The third kappa shape index (κ3) is 2.54. The molecule has 13 heavy (non-hydrogen) atoms. The molecule has 0 radical (unpaired) electrons. The van der Waals surface area contributed by atoms with Crippen LogP contribution in [0, 0.1) is 13.8 Å². The minimum absolute atomic E-state index is 0.173. The number of aryl methyl sites for hydroxylation is 2.